The Morgan fingerprint density at radius 2 is 1.75 bits per heavy atom. The summed E-state index contributed by atoms with van der Waals surface area (Å²) in [7, 11) is -2.50. The second kappa shape index (κ2) is 9.84. The van der Waals surface area contributed by atoms with Crippen LogP contribution in [-0.2, 0) is 10.0 Å². The molecular formula is C22H23FN4O4S. The van der Waals surface area contributed by atoms with Gasteiger partial charge in [0.05, 0.1) is 12.8 Å². The summed E-state index contributed by atoms with van der Waals surface area (Å²) >= 11 is 0. The van der Waals surface area contributed by atoms with Crippen molar-refractivity contribution in [3.63, 3.8) is 0 Å². The van der Waals surface area contributed by atoms with Crippen molar-refractivity contribution in [2.75, 3.05) is 25.5 Å². The predicted molar refractivity (Wildman–Crippen MR) is 118 cm³/mol. The lowest BCUT2D eigenvalue weighted by molar-refractivity contribution is 0.102. The van der Waals surface area contributed by atoms with Crippen LogP contribution in [0.15, 0.2) is 59.8 Å². The summed E-state index contributed by atoms with van der Waals surface area (Å²) < 4.78 is 46.0. The van der Waals surface area contributed by atoms with Gasteiger partial charge in [0.15, 0.2) is 0 Å². The molecule has 0 saturated carbocycles. The maximum absolute atomic E-state index is 14.3. The van der Waals surface area contributed by atoms with Crippen molar-refractivity contribution in [3.8, 4) is 17.0 Å². The minimum Gasteiger partial charge on any atom is -0.497 e. The maximum Gasteiger partial charge on any atom is 0.256 e. The van der Waals surface area contributed by atoms with Gasteiger partial charge in [-0.3, -0.25) is 4.79 Å². The number of rotatable bonds is 8. The lowest BCUT2D eigenvalue weighted by Gasteiger charge is -2.19. The Bertz CT molecular complexity index is 1210. The van der Waals surface area contributed by atoms with Gasteiger partial charge in [0.25, 0.3) is 5.91 Å². The van der Waals surface area contributed by atoms with Crippen LogP contribution in [0.5, 0.6) is 5.75 Å². The third-order valence-electron chi connectivity index (χ3n) is 4.81. The van der Waals surface area contributed by atoms with Crippen LogP contribution in [0.1, 0.15) is 24.2 Å². The van der Waals surface area contributed by atoms with Gasteiger partial charge in [0.2, 0.25) is 10.0 Å². The number of benzene rings is 2. The van der Waals surface area contributed by atoms with E-state index in [1.165, 1.54) is 12.4 Å². The normalized spacial score (nSPS) is 11.4. The second-order valence-electron chi connectivity index (χ2n) is 6.71. The maximum atomic E-state index is 14.3. The molecule has 0 radical (unpaired) electrons. The van der Waals surface area contributed by atoms with Crippen molar-refractivity contribution in [1.29, 1.82) is 0 Å². The number of nitrogens with one attached hydrogen (secondary N) is 1. The summed E-state index contributed by atoms with van der Waals surface area (Å²) in [6.45, 7) is 3.68. The molecule has 1 aromatic heterocycles. The fraction of sp³-hybridized carbons (Fsp3) is 0.227. The van der Waals surface area contributed by atoms with E-state index in [1.807, 2.05) is 12.1 Å². The molecule has 0 aliphatic rings. The first-order valence-corrected chi connectivity index (χ1v) is 11.3. The minimum absolute atomic E-state index is 0.0123. The van der Waals surface area contributed by atoms with Gasteiger partial charge < -0.3 is 10.1 Å². The van der Waals surface area contributed by atoms with Crippen molar-refractivity contribution in [2.24, 2.45) is 0 Å². The summed E-state index contributed by atoms with van der Waals surface area (Å²) in [5.41, 5.74) is 1.35. The first-order chi connectivity index (χ1) is 15.3. The first kappa shape index (κ1) is 23.3. The van der Waals surface area contributed by atoms with Crippen molar-refractivity contribution in [2.45, 2.75) is 18.7 Å². The quantitative estimate of drug-likeness (QED) is 0.554. The van der Waals surface area contributed by atoms with Crippen LogP contribution in [0, 0.1) is 5.82 Å². The van der Waals surface area contributed by atoms with Gasteiger partial charge in [-0.15, -0.1) is 0 Å². The number of carbonyl (C=O) groups is 1. The van der Waals surface area contributed by atoms with E-state index in [4.69, 9.17) is 4.74 Å². The molecule has 0 aliphatic heterocycles. The molecule has 10 heteroatoms. The van der Waals surface area contributed by atoms with Gasteiger partial charge in [-0.05, 0) is 42.5 Å². The molecule has 0 bridgehead atoms. The van der Waals surface area contributed by atoms with E-state index < -0.39 is 26.6 Å². The van der Waals surface area contributed by atoms with Crippen molar-refractivity contribution < 1.29 is 22.3 Å². The molecule has 0 atom stereocenters. The number of hydrogen-bond acceptors (Lipinski definition) is 6. The fourth-order valence-electron chi connectivity index (χ4n) is 3.08. The highest BCUT2D eigenvalue weighted by Gasteiger charge is 2.26. The van der Waals surface area contributed by atoms with E-state index >= 15 is 0 Å². The van der Waals surface area contributed by atoms with Crippen LogP contribution in [0.25, 0.3) is 11.3 Å². The molecule has 0 aliphatic carbocycles. The number of ether oxygens (including phenoxy) is 1. The molecule has 1 N–H and O–H groups in total. The van der Waals surface area contributed by atoms with E-state index in [0.29, 0.717) is 11.4 Å². The summed E-state index contributed by atoms with van der Waals surface area (Å²) in [4.78, 5) is 20.4. The number of anilines is 1. The molecule has 168 valence electrons. The third kappa shape index (κ3) is 4.92. The number of methoxy groups -OCH3 is 1. The largest absolute Gasteiger partial charge is 0.497 e. The minimum atomic E-state index is -4.07. The highest BCUT2D eigenvalue weighted by Crippen LogP contribution is 2.23. The molecule has 0 saturated heterocycles. The average molecular weight is 459 g/mol. The van der Waals surface area contributed by atoms with E-state index in [9.17, 15) is 17.6 Å². The summed E-state index contributed by atoms with van der Waals surface area (Å²) in [6, 6.07) is 12.0. The standard InChI is InChI=1S/C22H23FN4O4S/c1-4-27(5-2)32(29,30)20-12-16(8-11-18(20)23)22(28)26-21-13-19(24-14-25-21)15-6-9-17(31-3)10-7-15/h6-14H,4-5H2,1-3H3,(H,24,25,26,28). The zero-order chi connectivity index (χ0) is 23.3. The second-order valence-corrected chi connectivity index (χ2v) is 8.61. The van der Waals surface area contributed by atoms with Gasteiger partial charge in [0.1, 0.15) is 28.6 Å². The van der Waals surface area contributed by atoms with E-state index in [2.05, 4.69) is 15.3 Å². The SMILES string of the molecule is CCN(CC)S(=O)(=O)c1cc(C(=O)Nc2cc(-c3ccc(OC)cc3)ncn2)ccc1F. The van der Waals surface area contributed by atoms with Crippen LogP contribution in [0.4, 0.5) is 10.2 Å². The molecule has 0 unspecified atom stereocenters. The highest BCUT2D eigenvalue weighted by molar-refractivity contribution is 7.89. The Labute approximate surface area is 186 Å². The Hall–Kier alpha value is -3.37. The van der Waals surface area contributed by atoms with Gasteiger partial charge >= 0.3 is 0 Å². The zero-order valence-electron chi connectivity index (χ0n) is 17.9. The lowest BCUT2D eigenvalue weighted by Crippen LogP contribution is -2.31. The molecule has 3 aromatic rings. The fourth-order valence-corrected chi connectivity index (χ4v) is 4.63. The van der Waals surface area contributed by atoms with Crippen LogP contribution in [0.2, 0.25) is 0 Å². The Morgan fingerprint density at radius 1 is 1.06 bits per heavy atom. The molecular weight excluding hydrogens is 435 g/mol. The van der Waals surface area contributed by atoms with Crippen molar-refractivity contribution in [1.82, 2.24) is 14.3 Å². The number of sulfonamides is 1. The smallest absolute Gasteiger partial charge is 0.256 e. The molecule has 3 rings (SSSR count). The zero-order valence-corrected chi connectivity index (χ0v) is 18.7. The van der Waals surface area contributed by atoms with Crippen LogP contribution in [-0.4, -0.2) is 48.8 Å². The van der Waals surface area contributed by atoms with Gasteiger partial charge in [-0.1, -0.05) is 13.8 Å². The molecule has 1 amide bonds. The van der Waals surface area contributed by atoms with E-state index in [0.717, 1.165) is 22.0 Å². The number of carbonyl (C=O) groups excluding carboxylic acids is 1. The van der Waals surface area contributed by atoms with Gasteiger partial charge in [-0.2, -0.15) is 4.31 Å². The predicted octanol–water partition coefficient (Wildman–Crippen LogP) is 3.57. The number of hydrogen-bond donors (Lipinski definition) is 1. The lowest BCUT2D eigenvalue weighted by atomic mass is 10.1. The average Bonchev–Trinajstić information content (AvgIpc) is 2.80. The molecule has 2 aromatic carbocycles. The molecule has 32 heavy (non-hydrogen) atoms. The third-order valence-corrected chi connectivity index (χ3v) is 6.88. The van der Waals surface area contributed by atoms with Gasteiger partial charge in [-0.25, -0.2) is 22.8 Å². The van der Waals surface area contributed by atoms with Crippen LogP contribution in [0.3, 0.4) is 0 Å². The molecule has 0 spiro atoms. The summed E-state index contributed by atoms with van der Waals surface area (Å²) in [5.74, 6) is -0.631. The van der Waals surface area contributed by atoms with E-state index in [1.54, 1.807) is 39.2 Å². The van der Waals surface area contributed by atoms with Crippen LogP contribution < -0.4 is 10.1 Å². The molecule has 0 fully saturated rings. The van der Waals surface area contributed by atoms with E-state index in [-0.39, 0.29) is 24.5 Å². The number of aromatic nitrogens is 2. The monoisotopic (exact) mass is 458 g/mol. The molecule has 8 nitrogen and oxygen atoms in total. The van der Waals surface area contributed by atoms with Crippen LogP contribution >= 0.6 is 0 Å². The van der Waals surface area contributed by atoms with Crippen molar-refractivity contribution >= 4 is 21.7 Å². The first-order valence-electron chi connectivity index (χ1n) is 9.87. The number of halogens is 1. The van der Waals surface area contributed by atoms with Gasteiger partial charge in [0, 0.05) is 30.3 Å². The Kier molecular flexibility index (Phi) is 7.16. The Morgan fingerprint density at radius 3 is 2.38 bits per heavy atom. The summed E-state index contributed by atoms with van der Waals surface area (Å²) in [5, 5.41) is 2.60. The van der Waals surface area contributed by atoms with Crippen molar-refractivity contribution in [3.05, 3.63) is 66.2 Å². The highest BCUT2D eigenvalue weighted by atomic mass is 32.2. The topological polar surface area (TPSA) is 101 Å². The Balaban J connectivity index is 1.86. The summed E-state index contributed by atoms with van der Waals surface area (Å²) in [6.07, 6.45) is 1.30. The number of nitrogens with zero attached hydrogens (tertiary/aromatic N) is 3. The molecule has 1 heterocycles. The number of amides is 1.